The fraction of sp³-hybridized carbons (Fsp3) is 0.238. The minimum absolute atomic E-state index is 0.176. The van der Waals surface area contributed by atoms with Crippen LogP contribution in [0.15, 0.2) is 53.4 Å². The number of likely N-dealkylation sites (N-methyl/N-ethyl adjacent to an activating group) is 1. The Morgan fingerprint density at radius 3 is 2.87 bits per heavy atom. The molecule has 4 rings (SSSR count). The topological polar surface area (TPSA) is 80.1 Å². The van der Waals surface area contributed by atoms with Gasteiger partial charge in [-0.3, -0.25) is 4.79 Å². The average Bonchev–Trinajstić information content (AvgIpc) is 3.17. The Hall–Kier alpha value is -3.07. The number of halogens is 2. The van der Waals surface area contributed by atoms with Crippen molar-refractivity contribution in [2.24, 2.45) is 0 Å². The second kappa shape index (κ2) is 8.35. The lowest BCUT2D eigenvalue weighted by Crippen LogP contribution is -2.48. The Labute approximate surface area is 181 Å². The summed E-state index contributed by atoms with van der Waals surface area (Å²) in [6, 6.07) is 7.63. The van der Waals surface area contributed by atoms with E-state index in [2.05, 4.69) is 31.3 Å². The lowest BCUT2D eigenvalue weighted by Gasteiger charge is -2.22. The van der Waals surface area contributed by atoms with E-state index in [4.69, 9.17) is 0 Å². The first-order valence-corrected chi connectivity index (χ1v) is 10.2. The third-order valence-corrected chi connectivity index (χ3v) is 5.57. The van der Waals surface area contributed by atoms with Gasteiger partial charge in [-0.15, -0.1) is 0 Å². The van der Waals surface area contributed by atoms with Gasteiger partial charge in [0.05, 0.1) is 6.20 Å². The zero-order chi connectivity index (χ0) is 21.3. The first kappa shape index (κ1) is 20.2. The summed E-state index contributed by atoms with van der Waals surface area (Å²) >= 11 is 3.44. The van der Waals surface area contributed by atoms with Gasteiger partial charge in [-0.1, -0.05) is 28.1 Å². The van der Waals surface area contributed by atoms with Crippen LogP contribution < -0.4 is 10.2 Å². The molecule has 30 heavy (non-hydrogen) atoms. The summed E-state index contributed by atoms with van der Waals surface area (Å²) in [5.74, 6) is -0.716. The molecule has 0 bridgehead atoms. The van der Waals surface area contributed by atoms with Crippen LogP contribution in [0.25, 0.3) is 0 Å². The average molecular weight is 472 g/mol. The molecule has 0 fully saturated rings. The number of nitrogens with zero attached hydrogens (tertiary/aromatic N) is 4. The van der Waals surface area contributed by atoms with Crippen molar-refractivity contribution in [3.63, 3.8) is 0 Å². The molecule has 0 spiro atoms. The molecule has 9 heteroatoms. The number of fused-ring (bicyclic) bond motifs is 1. The Kier molecular flexibility index (Phi) is 5.63. The Balaban J connectivity index is 1.44. The summed E-state index contributed by atoms with van der Waals surface area (Å²) < 4.78 is 15.0. The van der Waals surface area contributed by atoms with Crippen molar-refractivity contribution in [2.75, 3.05) is 11.9 Å². The number of benzene rings is 1. The highest BCUT2D eigenvalue weighted by Gasteiger charge is 2.29. The number of pyridine rings is 1. The Morgan fingerprint density at radius 2 is 2.10 bits per heavy atom. The second-order valence-electron chi connectivity index (χ2n) is 7.17. The second-order valence-corrected chi connectivity index (χ2v) is 8.09. The van der Waals surface area contributed by atoms with Crippen LogP contribution in [-0.2, 0) is 17.6 Å². The van der Waals surface area contributed by atoms with E-state index >= 15 is 0 Å². The molecular formula is C21H19BrFN5O2. The molecule has 2 aromatic heterocycles. The zero-order valence-corrected chi connectivity index (χ0v) is 17.8. The number of hydrogen-bond acceptors (Lipinski definition) is 4. The highest BCUT2D eigenvalue weighted by Crippen LogP contribution is 2.29. The smallest absolute Gasteiger partial charge is 0.324 e. The van der Waals surface area contributed by atoms with Gasteiger partial charge in [0.1, 0.15) is 6.04 Å². The summed E-state index contributed by atoms with van der Waals surface area (Å²) in [4.78, 5) is 30.8. The predicted octanol–water partition coefficient (Wildman–Crippen LogP) is 3.31. The number of rotatable bonds is 3. The SMILES string of the molecule is CN1C(=O)C(NC(=O)n2cc(Cc3ccc(F)nc3)cn2)CCc2ccc(Br)cc21. The van der Waals surface area contributed by atoms with E-state index < -0.39 is 18.0 Å². The molecule has 2 amide bonds. The van der Waals surface area contributed by atoms with Crippen LogP contribution >= 0.6 is 15.9 Å². The van der Waals surface area contributed by atoms with Gasteiger partial charge in [0.2, 0.25) is 11.9 Å². The molecule has 1 N–H and O–H groups in total. The molecule has 0 aliphatic carbocycles. The third kappa shape index (κ3) is 4.25. The monoisotopic (exact) mass is 471 g/mol. The lowest BCUT2D eigenvalue weighted by atomic mass is 10.1. The minimum Gasteiger partial charge on any atom is -0.324 e. The van der Waals surface area contributed by atoms with E-state index in [-0.39, 0.29) is 5.91 Å². The number of carbonyl (C=O) groups is 2. The molecule has 1 aromatic carbocycles. The van der Waals surface area contributed by atoms with E-state index in [1.165, 1.54) is 16.9 Å². The normalized spacial score (nSPS) is 16.2. The lowest BCUT2D eigenvalue weighted by molar-refractivity contribution is -0.120. The van der Waals surface area contributed by atoms with Gasteiger partial charge in [0, 0.05) is 36.0 Å². The standard InChI is InChI=1S/C21H19BrFN5O2/c1-27-18-9-16(22)5-3-15(18)4-6-17(20(27)29)26-21(30)28-12-14(11-25-28)8-13-2-7-19(23)24-10-13/h2-3,5,7,9-12,17H,4,6,8H2,1H3,(H,26,30). The Bertz CT molecular complexity index is 1100. The fourth-order valence-electron chi connectivity index (χ4n) is 3.49. The molecule has 0 saturated carbocycles. The van der Waals surface area contributed by atoms with E-state index in [0.29, 0.717) is 19.3 Å². The first-order chi connectivity index (χ1) is 14.4. The highest BCUT2D eigenvalue weighted by atomic mass is 79.9. The zero-order valence-electron chi connectivity index (χ0n) is 16.2. The summed E-state index contributed by atoms with van der Waals surface area (Å²) in [5.41, 5.74) is 3.47. The number of aromatic nitrogens is 3. The molecule has 154 valence electrons. The van der Waals surface area contributed by atoms with E-state index in [1.807, 2.05) is 18.2 Å². The molecule has 7 nitrogen and oxygen atoms in total. The summed E-state index contributed by atoms with van der Waals surface area (Å²) in [7, 11) is 1.71. The van der Waals surface area contributed by atoms with Gasteiger partial charge >= 0.3 is 6.03 Å². The van der Waals surface area contributed by atoms with Gasteiger partial charge in [-0.2, -0.15) is 14.2 Å². The van der Waals surface area contributed by atoms with Gasteiger partial charge in [0.25, 0.3) is 0 Å². The Morgan fingerprint density at radius 1 is 1.27 bits per heavy atom. The van der Waals surface area contributed by atoms with E-state index in [9.17, 15) is 14.0 Å². The van der Waals surface area contributed by atoms with Crippen molar-refractivity contribution in [3.05, 3.63) is 76.0 Å². The number of amides is 2. The van der Waals surface area contributed by atoms with Crippen molar-refractivity contribution in [2.45, 2.75) is 25.3 Å². The number of aryl methyl sites for hydroxylation is 1. The van der Waals surface area contributed by atoms with Crippen molar-refractivity contribution in [1.29, 1.82) is 0 Å². The fourth-order valence-corrected chi connectivity index (χ4v) is 3.84. The molecule has 1 atom stereocenters. The molecule has 1 aliphatic heterocycles. The van der Waals surface area contributed by atoms with Crippen molar-refractivity contribution in [3.8, 4) is 0 Å². The minimum atomic E-state index is -0.650. The highest BCUT2D eigenvalue weighted by molar-refractivity contribution is 9.10. The predicted molar refractivity (Wildman–Crippen MR) is 113 cm³/mol. The van der Waals surface area contributed by atoms with Crippen LogP contribution in [-0.4, -0.2) is 39.8 Å². The number of nitrogens with one attached hydrogen (secondary N) is 1. The molecule has 1 aliphatic rings. The van der Waals surface area contributed by atoms with Crippen LogP contribution in [0.1, 0.15) is 23.1 Å². The maximum Gasteiger partial charge on any atom is 0.342 e. The van der Waals surface area contributed by atoms with Crippen LogP contribution in [0.5, 0.6) is 0 Å². The third-order valence-electron chi connectivity index (χ3n) is 5.08. The molecule has 1 unspecified atom stereocenters. The molecular weight excluding hydrogens is 453 g/mol. The van der Waals surface area contributed by atoms with Gasteiger partial charge < -0.3 is 10.2 Å². The number of anilines is 1. The van der Waals surface area contributed by atoms with Gasteiger partial charge in [0.15, 0.2) is 0 Å². The quantitative estimate of drug-likeness (QED) is 0.594. The summed E-state index contributed by atoms with van der Waals surface area (Å²) in [6.07, 6.45) is 6.25. The van der Waals surface area contributed by atoms with Crippen molar-refractivity contribution >= 4 is 33.6 Å². The molecule has 0 radical (unpaired) electrons. The number of hydrogen-bond donors (Lipinski definition) is 1. The van der Waals surface area contributed by atoms with Crippen molar-refractivity contribution < 1.29 is 14.0 Å². The largest absolute Gasteiger partial charge is 0.342 e. The van der Waals surface area contributed by atoms with Crippen LogP contribution in [0.3, 0.4) is 0 Å². The maximum absolute atomic E-state index is 12.9. The molecule has 3 heterocycles. The first-order valence-electron chi connectivity index (χ1n) is 9.41. The number of carbonyl (C=O) groups excluding carboxylic acids is 2. The maximum atomic E-state index is 12.9. The summed E-state index contributed by atoms with van der Waals surface area (Å²) in [6.45, 7) is 0. The van der Waals surface area contributed by atoms with Gasteiger partial charge in [-0.25, -0.2) is 9.78 Å². The van der Waals surface area contributed by atoms with Crippen LogP contribution in [0, 0.1) is 5.95 Å². The van der Waals surface area contributed by atoms with Gasteiger partial charge in [-0.05, 0) is 47.7 Å². The van der Waals surface area contributed by atoms with Crippen LogP contribution in [0.4, 0.5) is 14.9 Å². The molecule has 0 saturated heterocycles. The van der Waals surface area contributed by atoms with Crippen LogP contribution in [0.2, 0.25) is 0 Å². The molecule has 3 aromatic rings. The van der Waals surface area contributed by atoms with Crippen molar-refractivity contribution in [1.82, 2.24) is 20.1 Å². The van der Waals surface area contributed by atoms with E-state index in [0.717, 1.165) is 26.9 Å². The summed E-state index contributed by atoms with van der Waals surface area (Å²) in [5, 5.41) is 6.88. The van der Waals surface area contributed by atoms with E-state index in [1.54, 1.807) is 30.4 Å².